The Morgan fingerprint density at radius 2 is 1.92 bits per heavy atom. The Balaban J connectivity index is 3.25. The normalized spacial score (nSPS) is 12.7. The lowest BCUT2D eigenvalue weighted by atomic mass is 10.2. The van der Waals surface area contributed by atoms with Crippen molar-refractivity contribution in [2.45, 2.75) is 0 Å². The summed E-state index contributed by atoms with van der Waals surface area (Å²) in [5.74, 6) is 0. The van der Waals surface area contributed by atoms with Gasteiger partial charge in [0.05, 0.1) is 10.0 Å². The van der Waals surface area contributed by atoms with E-state index in [0.29, 0.717) is 10.7 Å². The maximum absolute atomic E-state index is 10.7. The van der Waals surface area contributed by atoms with Crippen LogP contribution in [0.15, 0.2) is 12.1 Å². The molecule has 1 unspecified atom stereocenters. The highest BCUT2D eigenvalue weighted by atomic mass is 35.5. The van der Waals surface area contributed by atoms with Crippen molar-refractivity contribution in [1.29, 1.82) is 0 Å². The highest BCUT2D eigenvalue weighted by Gasteiger charge is 2.11. The molecule has 0 bridgehead atoms. The number of anilines is 1. The van der Waals surface area contributed by atoms with E-state index in [4.69, 9.17) is 28.4 Å². The van der Waals surface area contributed by atoms with Gasteiger partial charge < -0.3 is 10.5 Å². The second-order valence-electron chi connectivity index (χ2n) is 2.37. The van der Waals surface area contributed by atoms with E-state index in [0.717, 1.165) is 0 Å². The predicted molar refractivity (Wildman–Crippen MR) is 51.8 cm³/mol. The van der Waals surface area contributed by atoms with Gasteiger partial charge in [0.15, 0.2) is 5.69 Å². The Bertz CT molecular complexity index is 318. The third kappa shape index (κ3) is 2.24. The Morgan fingerprint density at radius 3 is 2.38 bits per heavy atom. The summed E-state index contributed by atoms with van der Waals surface area (Å²) in [6, 6.07) is 2.80. The fourth-order valence-corrected chi connectivity index (χ4v) is 1.26. The molecule has 0 radical (unpaired) electrons. The molecule has 1 atom stereocenters. The number of rotatable bonds is 2. The van der Waals surface area contributed by atoms with Crippen molar-refractivity contribution in [3.63, 3.8) is 0 Å². The number of quaternary nitrogens is 1. The van der Waals surface area contributed by atoms with Crippen molar-refractivity contribution in [2.75, 3.05) is 12.4 Å². The number of halogens is 2. The summed E-state index contributed by atoms with van der Waals surface area (Å²) in [5.41, 5.74) is 0.554. The molecule has 0 heterocycles. The van der Waals surface area contributed by atoms with Gasteiger partial charge in [0.25, 0.3) is 0 Å². The second-order valence-corrected chi connectivity index (χ2v) is 3.18. The molecule has 3 N–H and O–H groups in total. The van der Waals surface area contributed by atoms with Gasteiger partial charge in [-0.1, -0.05) is 23.2 Å². The maximum Gasteiger partial charge on any atom is 0.188 e. The van der Waals surface area contributed by atoms with Gasteiger partial charge in [-0.05, 0) is 6.07 Å². The van der Waals surface area contributed by atoms with Crippen LogP contribution >= 0.6 is 23.2 Å². The number of nitrogens with one attached hydrogen (secondary N) is 2. The van der Waals surface area contributed by atoms with Crippen molar-refractivity contribution in [2.24, 2.45) is 0 Å². The van der Waals surface area contributed by atoms with Crippen molar-refractivity contribution in [1.82, 2.24) is 0 Å². The van der Waals surface area contributed by atoms with E-state index in [2.05, 4.69) is 5.32 Å². The lowest BCUT2D eigenvalue weighted by molar-refractivity contribution is -0.990. The quantitative estimate of drug-likeness (QED) is 0.665. The monoisotopic (exact) mass is 222 g/mol. The molecule has 4 nitrogen and oxygen atoms in total. The first-order valence-corrected chi connectivity index (χ1v) is 4.22. The molecule has 1 aromatic rings. The Morgan fingerprint density at radius 1 is 1.38 bits per heavy atom. The van der Waals surface area contributed by atoms with Crippen molar-refractivity contribution >= 4 is 34.6 Å². The molecule has 0 aromatic heterocycles. The zero-order chi connectivity index (χ0) is 10.0. The summed E-state index contributed by atoms with van der Waals surface area (Å²) in [7, 11) is 1.62. The third-order valence-electron chi connectivity index (χ3n) is 1.56. The van der Waals surface area contributed by atoms with E-state index in [1.165, 1.54) is 12.1 Å². The lowest BCUT2D eigenvalue weighted by Gasteiger charge is -2.15. The lowest BCUT2D eigenvalue weighted by Crippen LogP contribution is -2.99. The van der Waals surface area contributed by atoms with Gasteiger partial charge in [-0.25, -0.2) is 5.21 Å². The molecule has 0 spiro atoms. The first-order chi connectivity index (χ1) is 6.06. The molecule has 0 aliphatic carbocycles. The van der Waals surface area contributed by atoms with Crippen LogP contribution in [0.5, 0.6) is 0 Å². The molecule has 1 rings (SSSR count). The second kappa shape index (κ2) is 4.13. The Hall–Kier alpha value is -0.520. The molecule has 0 aliphatic heterocycles. The summed E-state index contributed by atoms with van der Waals surface area (Å²) in [6.07, 6.45) is 0. The largest absolute Gasteiger partial charge is 0.595 e. The molecular formula is C7H8Cl2N2O2. The van der Waals surface area contributed by atoms with Gasteiger partial charge in [-0.3, -0.25) is 0 Å². The van der Waals surface area contributed by atoms with E-state index in [-0.39, 0.29) is 10.7 Å². The fraction of sp³-hybridized carbons (Fsp3) is 0.143. The number of benzene rings is 1. The Kier molecular flexibility index (Phi) is 3.35. The average Bonchev–Trinajstić information content (AvgIpc) is 2.08. The molecular weight excluding hydrogens is 215 g/mol. The zero-order valence-corrected chi connectivity index (χ0v) is 8.28. The van der Waals surface area contributed by atoms with E-state index in [9.17, 15) is 5.21 Å². The minimum absolute atomic E-state index is 0.108. The Labute approximate surface area is 85.2 Å². The molecule has 0 fully saturated rings. The van der Waals surface area contributed by atoms with Gasteiger partial charge in [-0.2, -0.15) is 5.23 Å². The van der Waals surface area contributed by atoms with Crippen LogP contribution in [0.2, 0.25) is 10.0 Å². The molecule has 1 aromatic carbocycles. The SMILES string of the molecule is CNc1cc(Cl)c(Cl)cc1[NH+]([O-])O. The fourth-order valence-electron chi connectivity index (χ4n) is 0.931. The van der Waals surface area contributed by atoms with Crippen LogP contribution in [0.1, 0.15) is 0 Å². The van der Waals surface area contributed by atoms with E-state index >= 15 is 0 Å². The van der Waals surface area contributed by atoms with Gasteiger partial charge in [-0.15, -0.1) is 0 Å². The van der Waals surface area contributed by atoms with Crippen LogP contribution < -0.4 is 10.5 Å². The highest BCUT2D eigenvalue weighted by Crippen LogP contribution is 2.29. The van der Waals surface area contributed by atoms with Crippen LogP contribution in [-0.4, -0.2) is 12.3 Å². The zero-order valence-electron chi connectivity index (χ0n) is 6.77. The van der Waals surface area contributed by atoms with E-state index in [1.54, 1.807) is 7.05 Å². The number of hydrogen-bond acceptors (Lipinski definition) is 3. The third-order valence-corrected chi connectivity index (χ3v) is 2.28. The molecule has 0 aliphatic rings. The van der Waals surface area contributed by atoms with Gasteiger partial charge in [0.2, 0.25) is 0 Å². The first-order valence-electron chi connectivity index (χ1n) is 3.46. The number of hydrogen-bond donors (Lipinski definition) is 3. The van der Waals surface area contributed by atoms with Crippen molar-refractivity contribution in [3.8, 4) is 0 Å². The van der Waals surface area contributed by atoms with E-state index < -0.39 is 5.23 Å². The molecule has 72 valence electrons. The topological polar surface area (TPSA) is 59.8 Å². The van der Waals surface area contributed by atoms with Crippen LogP contribution in [0.3, 0.4) is 0 Å². The standard InChI is InChI=1S/C7H8Cl2N2O2/c1-10-6-2-4(8)5(9)3-7(6)11(12)13/h2-3,10-12H,1H3. The predicted octanol–water partition coefficient (Wildman–Crippen LogP) is 1.44. The smallest absolute Gasteiger partial charge is 0.188 e. The minimum Gasteiger partial charge on any atom is -0.595 e. The van der Waals surface area contributed by atoms with Crippen LogP contribution in [0.4, 0.5) is 11.4 Å². The van der Waals surface area contributed by atoms with Crippen molar-refractivity contribution in [3.05, 3.63) is 27.4 Å². The van der Waals surface area contributed by atoms with Crippen LogP contribution in [-0.2, 0) is 0 Å². The summed E-state index contributed by atoms with van der Waals surface area (Å²) < 4.78 is 0. The first kappa shape index (κ1) is 10.6. The molecule has 13 heavy (non-hydrogen) atoms. The summed E-state index contributed by atoms with van der Waals surface area (Å²) >= 11 is 11.4. The van der Waals surface area contributed by atoms with Crippen LogP contribution in [0, 0.1) is 5.21 Å². The molecule has 0 amide bonds. The maximum atomic E-state index is 10.7. The highest BCUT2D eigenvalue weighted by molar-refractivity contribution is 6.42. The van der Waals surface area contributed by atoms with Crippen LogP contribution in [0.25, 0.3) is 0 Å². The van der Waals surface area contributed by atoms with Gasteiger partial charge in [0.1, 0.15) is 5.69 Å². The molecule has 6 heteroatoms. The minimum atomic E-state index is -1.04. The van der Waals surface area contributed by atoms with Gasteiger partial charge in [0, 0.05) is 13.1 Å². The summed E-state index contributed by atoms with van der Waals surface area (Å²) in [6.45, 7) is 0. The summed E-state index contributed by atoms with van der Waals surface area (Å²) in [5, 5.41) is 21.7. The van der Waals surface area contributed by atoms with Gasteiger partial charge >= 0.3 is 0 Å². The van der Waals surface area contributed by atoms with E-state index in [1.807, 2.05) is 0 Å². The van der Waals surface area contributed by atoms with Crippen molar-refractivity contribution < 1.29 is 10.4 Å². The summed E-state index contributed by atoms with van der Waals surface area (Å²) in [4.78, 5) is 0. The molecule has 0 saturated heterocycles. The average molecular weight is 223 g/mol. The molecule has 0 saturated carbocycles.